The Labute approximate surface area is 178 Å². The van der Waals surface area contributed by atoms with Crippen LogP contribution in [0.5, 0.6) is 0 Å². The van der Waals surface area contributed by atoms with Crippen molar-refractivity contribution in [3.8, 4) is 0 Å². The second-order valence-electron chi connectivity index (χ2n) is 9.47. The average Bonchev–Trinajstić information content (AvgIpc) is 2.76. The van der Waals surface area contributed by atoms with Gasteiger partial charge >= 0.3 is 0 Å². The predicted octanol–water partition coefficient (Wildman–Crippen LogP) is 2.93. The molecule has 3 N–H and O–H groups in total. The average molecular weight is 423 g/mol. The maximum Gasteiger partial charge on any atom is 0.249 e. The van der Waals surface area contributed by atoms with Gasteiger partial charge in [0.05, 0.1) is 5.60 Å². The Bertz CT molecular complexity index is 733. The number of hydrogen-bond acceptors (Lipinski definition) is 4. The monoisotopic (exact) mass is 422 g/mol. The molecule has 6 nitrogen and oxygen atoms in total. The number of aliphatic hydroxyl groups excluding tert-OH is 1. The van der Waals surface area contributed by atoms with Crippen molar-refractivity contribution in [1.29, 1.82) is 0 Å². The zero-order valence-electron chi connectivity index (χ0n) is 18.6. The summed E-state index contributed by atoms with van der Waals surface area (Å²) < 4.78 is 19.1. The van der Waals surface area contributed by atoms with E-state index in [1.165, 1.54) is 12.1 Å². The largest absolute Gasteiger partial charge is 0.383 e. The zero-order chi connectivity index (χ0) is 22.5. The van der Waals surface area contributed by atoms with Gasteiger partial charge in [0.1, 0.15) is 18.0 Å². The fourth-order valence-electron chi connectivity index (χ4n) is 3.52. The number of nitrogens with one attached hydrogen (secondary N) is 2. The second kappa shape index (κ2) is 9.88. The van der Waals surface area contributed by atoms with Crippen molar-refractivity contribution < 1.29 is 23.8 Å². The molecule has 2 rings (SSSR count). The normalized spacial score (nSPS) is 23.8. The second-order valence-corrected chi connectivity index (χ2v) is 9.47. The summed E-state index contributed by atoms with van der Waals surface area (Å²) in [7, 11) is 0. The van der Waals surface area contributed by atoms with Gasteiger partial charge in [-0.1, -0.05) is 32.9 Å². The van der Waals surface area contributed by atoms with E-state index in [1.54, 1.807) is 12.1 Å². The molecule has 0 saturated carbocycles. The molecule has 0 aliphatic carbocycles. The molecule has 1 heterocycles. The summed E-state index contributed by atoms with van der Waals surface area (Å²) in [5.74, 6) is -0.767. The topological polar surface area (TPSA) is 87.7 Å². The molecule has 1 fully saturated rings. The highest BCUT2D eigenvalue weighted by Gasteiger charge is 2.44. The van der Waals surface area contributed by atoms with Gasteiger partial charge in [0.2, 0.25) is 11.8 Å². The number of carbonyl (C=O) groups excluding carboxylic acids is 2. The van der Waals surface area contributed by atoms with Crippen molar-refractivity contribution in [3.63, 3.8) is 0 Å². The van der Waals surface area contributed by atoms with Gasteiger partial charge in [-0.25, -0.2) is 4.39 Å². The van der Waals surface area contributed by atoms with Crippen LogP contribution in [0, 0.1) is 17.2 Å². The summed E-state index contributed by atoms with van der Waals surface area (Å²) >= 11 is 0. The summed E-state index contributed by atoms with van der Waals surface area (Å²) in [6, 6.07) is 5.76. The van der Waals surface area contributed by atoms with Crippen molar-refractivity contribution in [1.82, 2.24) is 10.6 Å². The van der Waals surface area contributed by atoms with Crippen LogP contribution in [0.15, 0.2) is 24.3 Å². The molecule has 7 heteroatoms. The molecule has 0 radical (unpaired) electrons. The number of carbonyl (C=O) groups is 2. The van der Waals surface area contributed by atoms with E-state index >= 15 is 0 Å². The molecule has 0 aromatic heterocycles. The highest BCUT2D eigenvalue weighted by atomic mass is 19.1. The first-order valence-corrected chi connectivity index (χ1v) is 10.6. The van der Waals surface area contributed by atoms with Crippen LogP contribution in [-0.2, 0) is 20.9 Å². The number of halogens is 1. The Hall–Kier alpha value is -1.99. The highest BCUT2D eigenvalue weighted by molar-refractivity contribution is 5.82. The standard InChI is InChI=1S/C23H35FN2O4/c1-15-10-12-22(2,3)19(30-23(15,4)5)21(29)25-13-11-18(27)20(28)26-14-16-6-8-17(24)9-7-16/h6-9,15,18-19,27H,10-14H2,1-5H3,(H,25,29)(H,26,28). The molecule has 0 bridgehead atoms. The van der Waals surface area contributed by atoms with Crippen molar-refractivity contribution in [3.05, 3.63) is 35.6 Å². The van der Waals surface area contributed by atoms with Crippen LogP contribution in [0.1, 0.15) is 59.4 Å². The molecule has 168 valence electrons. The van der Waals surface area contributed by atoms with Crippen LogP contribution in [0.2, 0.25) is 0 Å². The number of hydrogen-bond donors (Lipinski definition) is 3. The van der Waals surface area contributed by atoms with E-state index < -0.39 is 23.7 Å². The Morgan fingerprint density at radius 2 is 1.83 bits per heavy atom. The van der Waals surface area contributed by atoms with Crippen LogP contribution in [-0.4, -0.2) is 41.3 Å². The van der Waals surface area contributed by atoms with E-state index in [2.05, 4.69) is 17.6 Å². The van der Waals surface area contributed by atoms with E-state index in [9.17, 15) is 19.1 Å². The van der Waals surface area contributed by atoms with E-state index in [4.69, 9.17) is 4.74 Å². The molecule has 1 aliphatic rings. The van der Waals surface area contributed by atoms with Crippen LogP contribution in [0.25, 0.3) is 0 Å². The van der Waals surface area contributed by atoms with E-state index in [-0.39, 0.29) is 36.6 Å². The molecular weight excluding hydrogens is 387 g/mol. The number of amides is 2. The molecule has 3 atom stereocenters. The molecule has 1 aromatic rings. The lowest BCUT2D eigenvalue weighted by Gasteiger charge is -2.36. The summed E-state index contributed by atoms with van der Waals surface area (Å²) in [6.07, 6.45) is 0.113. The van der Waals surface area contributed by atoms with Gasteiger partial charge in [0, 0.05) is 18.5 Å². The number of rotatable bonds is 7. The lowest BCUT2D eigenvalue weighted by atomic mass is 9.79. The first-order valence-electron chi connectivity index (χ1n) is 10.6. The number of ether oxygens (including phenoxy) is 1. The lowest BCUT2D eigenvalue weighted by molar-refractivity contribution is -0.159. The smallest absolute Gasteiger partial charge is 0.249 e. The SMILES string of the molecule is CC1CCC(C)(C)C(C(=O)NCCC(O)C(=O)NCc2ccc(F)cc2)OC1(C)C. The number of aliphatic hydroxyl groups is 1. The number of benzene rings is 1. The molecule has 1 saturated heterocycles. The third-order valence-corrected chi connectivity index (χ3v) is 6.18. The summed E-state index contributed by atoms with van der Waals surface area (Å²) in [4.78, 5) is 24.9. The summed E-state index contributed by atoms with van der Waals surface area (Å²) in [5, 5.41) is 15.5. The minimum Gasteiger partial charge on any atom is -0.383 e. The summed E-state index contributed by atoms with van der Waals surface area (Å²) in [5.41, 5.74) is 0.0158. The Morgan fingerprint density at radius 1 is 1.20 bits per heavy atom. The van der Waals surface area contributed by atoms with Gasteiger partial charge in [-0.15, -0.1) is 0 Å². The molecular formula is C23H35FN2O4. The van der Waals surface area contributed by atoms with Crippen LogP contribution < -0.4 is 10.6 Å². The van der Waals surface area contributed by atoms with Gasteiger partial charge in [-0.2, -0.15) is 0 Å². The fraction of sp³-hybridized carbons (Fsp3) is 0.652. The Kier molecular flexibility index (Phi) is 7.99. The molecule has 1 aliphatic heterocycles. The Balaban J connectivity index is 1.81. The van der Waals surface area contributed by atoms with Crippen LogP contribution >= 0.6 is 0 Å². The third kappa shape index (κ3) is 6.51. The van der Waals surface area contributed by atoms with Crippen LogP contribution in [0.3, 0.4) is 0 Å². The first-order chi connectivity index (χ1) is 13.9. The molecule has 1 aromatic carbocycles. The lowest BCUT2D eigenvalue weighted by Crippen LogP contribution is -2.49. The molecule has 2 amide bonds. The zero-order valence-corrected chi connectivity index (χ0v) is 18.6. The maximum absolute atomic E-state index is 12.9. The van der Waals surface area contributed by atoms with Crippen molar-refractivity contribution in [2.75, 3.05) is 6.54 Å². The van der Waals surface area contributed by atoms with E-state index in [1.807, 2.05) is 27.7 Å². The first kappa shape index (κ1) is 24.3. The van der Waals surface area contributed by atoms with Crippen molar-refractivity contribution in [2.45, 2.75) is 78.2 Å². The van der Waals surface area contributed by atoms with Gasteiger partial charge in [0.15, 0.2) is 0 Å². The highest BCUT2D eigenvalue weighted by Crippen LogP contribution is 2.41. The van der Waals surface area contributed by atoms with E-state index in [0.717, 1.165) is 18.4 Å². The third-order valence-electron chi connectivity index (χ3n) is 6.18. The Morgan fingerprint density at radius 3 is 2.47 bits per heavy atom. The van der Waals surface area contributed by atoms with Gasteiger partial charge in [0.25, 0.3) is 0 Å². The van der Waals surface area contributed by atoms with Gasteiger partial charge in [-0.3, -0.25) is 9.59 Å². The summed E-state index contributed by atoms with van der Waals surface area (Å²) in [6.45, 7) is 10.6. The van der Waals surface area contributed by atoms with Gasteiger partial charge < -0.3 is 20.5 Å². The van der Waals surface area contributed by atoms with Gasteiger partial charge in [-0.05, 0) is 56.7 Å². The van der Waals surface area contributed by atoms with E-state index in [0.29, 0.717) is 5.92 Å². The van der Waals surface area contributed by atoms with Crippen molar-refractivity contribution in [2.24, 2.45) is 11.3 Å². The van der Waals surface area contributed by atoms with Crippen molar-refractivity contribution >= 4 is 11.8 Å². The molecule has 3 unspecified atom stereocenters. The predicted molar refractivity (Wildman–Crippen MR) is 113 cm³/mol. The minimum atomic E-state index is -1.25. The maximum atomic E-state index is 12.9. The fourth-order valence-corrected chi connectivity index (χ4v) is 3.52. The molecule has 0 spiro atoms. The quantitative estimate of drug-likeness (QED) is 0.631. The minimum absolute atomic E-state index is 0.0912. The van der Waals surface area contributed by atoms with Crippen LogP contribution in [0.4, 0.5) is 4.39 Å². The molecule has 30 heavy (non-hydrogen) atoms.